The van der Waals surface area contributed by atoms with Gasteiger partial charge < -0.3 is 29.5 Å². The van der Waals surface area contributed by atoms with Crippen molar-refractivity contribution in [1.82, 2.24) is 19.8 Å². The monoisotopic (exact) mass is 624 g/mol. The van der Waals surface area contributed by atoms with Crippen LogP contribution in [0.4, 0.5) is 35.4 Å². The smallest absolute Gasteiger partial charge is 0.416 e. The Labute approximate surface area is 251 Å². The van der Waals surface area contributed by atoms with E-state index in [1.165, 1.54) is 26.5 Å². The summed E-state index contributed by atoms with van der Waals surface area (Å²) < 4.78 is 56.8. The third-order valence-electron chi connectivity index (χ3n) is 6.82. The zero-order valence-corrected chi connectivity index (χ0v) is 24.6. The van der Waals surface area contributed by atoms with Gasteiger partial charge in [-0.05, 0) is 36.9 Å². The molecule has 0 radical (unpaired) electrons. The van der Waals surface area contributed by atoms with E-state index in [0.717, 1.165) is 55.8 Å². The molecule has 11 nitrogen and oxygen atoms in total. The minimum absolute atomic E-state index is 0.0170. The zero-order valence-electron chi connectivity index (χ0n) is 23.8. The summed E-state index contributed by atoms with van der Waals surface area (Å²) in [6.07, 6.45) is -4.75. The number of methoxy groups -OCH3 is 2. The number of benzene rings is 2. The quantitative estimate of drug-likeness (QED) is 0.294. The minimum Gasteiger partial charge on any atom is -0.493 e. The molecule has 43 heavy (non-hydrogen) atoms. The fourth-order valence-corrected chi connectivity index (χ4v) is 4.60. The molecule has 0 bridgehead atoms. The topological polar surface area (TPSA) is 113 Å². The number of hydrogen-bond donors (Lipinski definition) is 2. The van der Waals surface area contributed by atoms with Gasteiger partial charge in [0.2, 0.25) is 11.7 Å². The van der Waals surface area contributed by atoms with Gasteiger partial charge in [-0.15, -0.1) is 0 Å². The number of likely N-dealkylation sites (N-methyl/N-ethyl adjacent to an activating group) is 1. The van der Waals surface area contributed by atoms with Crippen molar-refractivity contribution in [3.05, 3.63) is 58.7 Å². The lowest BCUT2D eigenvalue weighted by Crippen LogP contribution is -2.45. The van der Waals surface area contributed by atoms with Gasteiger partial charge in [-0.2, -0.15) is 18.2 Å². The van der Waals surface area contributed by atoms with Gasteiger partial charge in [0, 0.05) is 61.8 Å². The van der Waals surface area contributed by atoms with Crippen LogP contribution in [0.15, 0.2) is 42.6 Å². The van der Waals surface area contributed by atoms with Crippen LogP contribution in [-0.2, 0) is 12.7 Å². The van der Waals surface area contributed by atoms with Gasteiger partial charge in [0.25, 0.3) is 0 Å². The molecule has 15 heteroatoms. The summed E-state index contributed by atoms with van der Waals surface area (Å²) in [6.45, 7) is 4.61. The van der Waals surface area contributed by atoms with Gasteiger partial charge in [-0.1, -0.05) is 11.6 Å². The van der Waals surface area contributed by atoms with Crippen molar-refractivity contribution in [2.24, 2.45) is 0 Å². The summed E-state index contributed by atoms with van der Waals surface area (Å²) in [4.78, 5) is 25.9. The summed E-state index contributed by atoms with van der Waals surface area (Å²) in [5.41, 5.74) is -0.526. The molecule has 2 N–H and O–H groups in total. The molecular weight excluding hydrogens is 593 g/mol. The number of amides is 1. The van der Waals surface area contributed by atoms with E-state index in [1.807, 2.05) is 0 Å². The number of carbonyl (C=O) groups is 1. The highest BCUT2D eigenvalue weighted by Crippen LogP contribution is 2.41. The zero-order chi connectivity index (χ0) is 31.1. The summed E-state index contributed by atoms with van der Waals surface area (Å²) >= 11 is 6.10. The van der Waals surface area contributed by atoms with Gasteiger partial charge in [0.05, 0.1) is 26.3 Å². The number of alkyl halides is 3. The predicted molar refractivity (Wildman–Crippen MR) is 155 cm³/mol. The highest BCUT2D eigenvalue weighted by atomic mass is 35.5. The molecule has 0 aliphatic carbocycles. The number of rotatable bonds is 11. The molecule has 0 atom stereocenters. The van der Waals surface area contributed by atoms with E-state index in [-0.39, 0.29) is 22.4 Å². The Morgan fingerprint density at radius 2 is 1.77 bits per heavy atom. The maximum absolute atomic E-state index is 13.2. The number of nitrogens with zero attached hydrogens (tertiary/aromatic N) is 5. The number of piperazine rings is 1. The van der Waals surface area contributed by atoms with Gasteiger partial charge >= 0.3 is 12.3 Å². The van der Waals surface area contributed by atoms with Crippen LogP contribution < -0.4 is 24.4 Å². The second kappa shape index (κ2) is 14.0. The number of aromatic nitrogens is 2. The van der Waals surface area contributed by atoms with E-state index >= 15 is 0 Å². The first kappa shape index (κ1) is 31.9. The van der Waals surface area contributed by atoms with Crippen LogP contribution in [-0.4, -0.2) is 91.6 Å². The van der Waals surface area contributed by atoms with Gasteiger partial charge in [-0.3, -0.25) is 9.80 Å². The average molecular weight is 625 g/mol. The number of hydrogen-bond acceptors (Lipinski definition) is 9. The Bertz CT molecular complexity index is 1400. The first-order valence-corrected chi connectivity index (χ1v) is 13.6. The molecule has 1 amide bonds. The Morgan fingerprint density at radius 1 is 1.09 bits per heavy atom. The molecule has 2 aromatic carbocycles. The van der Waals surface area contributed by atoms with Crippen LogP contribution in [0.5, 0.6) is 17.2 Å². The van der Waals surface area contributed by atoms with E-state index in [9.17, 15) is 23.1 Å². The molecule has 1 aliphatic rings. The molecule has 1 fully saturated rings. The standard InChI is InChI=1S/C28H32ClF3N6O5/c1-36-8-10-37(11-9-36)12-13-43-25-22(41-2)15-20(16-23(25)42-3)34-26-33-7-6-24(35-26)38(27(39)40)17-18-14-19(28(30,31)32)4-5-21(18)29/h4-7,14-16H,8-13,17H2,1-3H3,(H,39,40)(H,33,34,35). The van der Waals surface area contributed by atoms with Crippen LogP contribution in [0.2, 0.25) is 5.02 Å². The highest BCUT2D eigenvalue weighted by molar-refractivity contribution is 6.31. The Kier molecular flexibility index (Phi) is 10.4. The maximum atomic E-state index is 13.2. The second-order valence-corrected chi connectivity index (χ2v) is 10.1. The average Bonchev–Trinajstić information content (AvgIpc) is 2.97. The maximum Gasteiger partial charge on any atom is 0.416 e. The summed E-state index contributed by atoms with van der Waals surface area (Å²) in [6, 6.07) is 7.34. The highest BCUT2D eigenvalue weighted by Gasteiger charge is 2.31. The molecule has 0 spiro atoms. The van der Waals surface area contributed by atoms with E-state index in [2.05, 4.69) is 32.1 Å². The van der Waals surface area contributed by atoms with Crippen molar-refractivity contribution < 1.29 is 37.3 Å². The van der Waals surface area contributed by atoms with E-state index < -0.39 is 24.4 Å². The van der Waals surface area contributed by atoms with Crippen LogP contribution in [0.25, 0.3) is 0 Å². The third kappa shape index (κ3) is 8.30. The Morgan fingerprint density at radius 3 is 2.37 bits per heavy atom. The molecule has 1 saturated heterocycles. The first-order chi connectivity index (χ1) is 20.5. The summed E-state index contributed by atoms with van der Waals surface area (Å²) in [5, 5.41) is 12.8. The Balaban J connectivity index is 1.51. The molecule has 1 aliphatic heterocycles. The van der Waals surface area contributed by atoms with Gasteiger partial charge in [0.1, 0.15) is 12.4 Å². The van der Waals surface area contributed by atoms with E-state index in [4.69, 9.17) is 25.8 Å². The molecule has 1 aromatic heterocycles. The number of carboxylic acid groups (broad SMARTS) is 1. The molecule has 3 aromatic rings. The fraction of sp³-hybridized carbons (Fsp3) is 0.393. The van der Waals surface area contributed by atoms with Crippen molar-refractivity contribution in [1.29, 1.82) is 0 Å². The van der Waals surface area contributed by atoms with Crippen LogP contribution in [0, 0.1) is 0 Å². The van der Waals surface area contributed by atoms with Crippen molar-refractivity contribution >= 4 is 35.1 Å². The second-order valence-electron chi connectivity index (χ2n) is 9.74. The molecule has 0 saturated carbocycles. The van der Waals surface area contributed by atoms with Crippen LogP contribution >= 0.6 is 11.6 Å². The van der Waals surface area contributed by atoms with Gasteiger partial charge in [-0.25, -0.2) is 9.78 Å². The number of ether oxygens (including phenoxy) is 3. The Hall–Kier alpha value is -4.01. The molecule has 2 heterocycles. The number of anilines is 3. The predicted octanol–water partition coefficient (Wildman–Crippen LogP) is 5.22. The lowest BCUT2D eigenvalue weighted by molar-refractivity contribution is -0.137. The fourth-order valence-electron chi connectivity index (χ4n) is 4.42. The van der Waals surface area contributed by atoms with Crippen LogP contribution in [0.1, 0.15) is 11.1 Å². The first-order valence-electron chi connectivity index (χ1n) is 13.2. The normalized spacial score (nSPS) is 14.3. The molecular formula is C28H32ClF3N6O5. The van der Waals surface area contributed by atoms with E-state index in [0.29, 0.717) is 29.5 Å². The lowest BCUT2D eigenvalue weighted by atomic mass is 10.1. The van der Waals surface area contributed by atoms with E-state index in [1.54, 1.807) is 12.1 Å². The third-order valence-corrected chi connectivity index (χ3v) is 7.19. The van der Waals surface area contributed by atoms with Crippen molar-refractivity contribution in [2.45, 2.75) is 12.7 Å². The molecule has 4 rings (SSSR count). The van der Waals surface area contributed by atoms with Gasteiger partial charge in [0.15, 0.2) is 11.5 Å². The lowest BCUT2D eigenvalue weighted by Gasteiger charge is -2.32. The summed E-state index contributed by atoms with van der Waals surface area (Å²) in [5.74, 6) is 1.15. The number of nitrogens with one attached hydrogen (secondary N) is 1. The van der Waals surface area contributed by atoms with Crippen molar-refractivity contribution in [2.75, 3.05) is 70.8 Å². The van der Waals surface area contributed by atoms with Crippen molar-refractivity contribution in [3.8, 4) is 17.2 Å². The SMILES string of the molecule is COc1cc(Nc2nccc(N(Cc3cc(C(F)(F)F)ccc3Cl)C(=O)O)n2)cc(OC)c1OCCN1CCN(C)CC1. The van der Waals surface area contributed by atoms with Crippen molar-refractivity contribution in [3.63, 3.8) is 0 Å². The molecule has 232 valence electrons. The minimum atomic E-state index is -4.62. The van der Waals surface area contributed by atoms with Crippen LogP contribution in [0.3, 0.4) is 0 Å². The largest absolute Gasteiger partial charge is 0.493 e. The number of halogens is 4. The summed E-state index contributed by atoms with van der Waals surface area (Å²) in [7, 11) is 5.08. The molecule has 0 unspecified atom stereocenters.